The van der Waals surface area contributed by atoms with Gasteiger partial charge in [-0.25, -0.2) is 8.78 Å². The second-order valence-corrected chi connectivity index (χ2v) is 9.70. The third-order valence-corrected chi connectivity index (χ3v) is 6.69. The maximum Gasteiger partial charge on any atom is 2.00 e. The van der Waals surface area contributed by atoms with Crippen LogP contribution in [0.2, 0.25) is 0 Å². The van der Waals surface area contributed by atoms with Gasteiger partial charge in [0.05, 0.1) is 23.3 Å². The molecule has 0 amide bonds. The average molecular weight is 692 g/mol. The fraction of sp³-hybridized carbons (Fsp3) is 0.214. The first-order valence-corrected chi connectivity index (χ1v) is 11.0. The van der Waals surface area contributed by atoms with Gasteiger partial charge in [0, 0.05) is 16.8 Å². The molecule has 37 heavy (non-hydrogen) atoms. The molecule has 2 aromatic heterocycles. The smallest absolute Gasteiger partial charge is 0.300 e. The summed E-state index contributed by atoms with van der Waals surface area (Å²) in [7, 11) is 0. The summed E-state index contributed by atoms with van der Waals surface area (Å²) >= 11 is 0. The van der Waals surface area contributed by atoms with Crippen molar-refractivity contribution in [3.05, 3.63) is 106 Å². The number of benzene rings is 2. The summed E-state index contributed by atoms with van der Waals surface area (Å²) in [6, 6.07) is 14.3. The Hall–Kier alpha value is -2.99. The zero-order valence-electron chi connectivity index (χ0n) is 19.9. The van der Waals surface area contributed by atoms with Crippen molar-refractivity contribution in [2.75, 3.05) is 0 Å². The molecule has 5 rings (SSSR count). The Morgan fingerprint density at radius 3 is 1.30 bits per heavy atom. The summed E-state index contributed by atoms with van der Waals surface area (Å²) in [4.78, 5) is 8.96. The van der Waals surface area contributed by atoms with Gasteiger partial charge in [-0.3, -0.25) is 17.6 Å². The van der Waals surface area contributed by atoms with Crippen LogP contribution in [0.4, 0.5) is 26.3 Å². The monoisotopic (exact) mass is 691 g/mol. The van der Waals surface area contributed by atoms with Gasteiger partial charge in [-0.2, -0.15) is 0 Å². The molecular formula is C28H18F6N2Pt. The summed E-state index contributed by atoms with van der Waals surface area (Å²) < 4.78 is 89.8. The molecule has 3 heterocycles. The van der Waals surface area contributed by atoms with Crippen LogP contribution in [0.3, 0.4) is 0 Å². The molecule has 0 unspecified atom stereocenters. The largest absolute Gasteiger partial charge is 2.00 e. The third kappa shape index (κ3) is 4.01. The van der Waals surface area contributed by atoms with Crippen molar-refractivity contribution in [1.82, 2.24) is 9.97 Å². The molecular weight excluding hydrogens is 673 g/mol. The zero-order valence-corrected chi connectivity index (χ0v) is 22.2. The minimum atomic E-state index is -1.86. The van der Waals surface area contributed by atoms with Gasteiger partial charge in [-0.1, -0.05) is 60.4 Å². The number of hydrogen-bond acceptors (Lipinski definition) is 2. The third-order valence-electron chi connectivity index (χ3n) is 6.69. The van der Waals surface area contributed by atoms with E-state index in [4.69, 9.17) is 0 Å². The molecule has 0 radical (unpaired) electrons. The van der Waals surface area contributed by atoms with Crippen molar-refractivity contribution in [3.63, 3.8) is 0 Å². The van der Waals surface area contributed by atoms with Crippen LogP contribution in [0.1, 0.15) is 50.2 Å². The number of fused-ring (bicyclic) bond motifs is 10. The number of hydrogen-bond donors (Lipinski definition) is 0. The van der Waals surface area contributed by atoms with E-state index in [-0.39, 0.29) is 32.5 Å². The Morgan fingerprint density at radius 2 is 0.919 bits per heavy atom. The van der Waals surface area contributed by atoms with Crippen LogP contribution < -0.4 is 0 Å². The second kappa shape index (κ2) is 9.09. The molecule has 0 aliphatic carbocycles. The molecule has 0 N–H and O–H groups in total. The van der Waals surface area contributed by atoms with E-state index >= 15 is 8.78 Å². The number of pyridine rings is 2. The van der Waals surface area contributed by atoms with Crippen LogP contribution in [0.25, 0.3) is 22.5 Å². The Morgan fingerprint density at radius 1 is 0.541 bits per heavy atom. The predicted molar refractivity (Wildman–Crippen MR) is 121 cm³/mol. The standard InChI is InChI=1S/C28H18F6N2.Pt/c1-27(2)15-11-13(21(29)25(33)23(15)31)17-7-5-9-19(35-17)28(3,4)20-10-6-8-18(36-20)14-12-16(27)24(32)26(34)22(14)30;/h5-10H,1-4H3;/q-2;+2. The molecule has 192 valence electrons. The van der Waals surface area contributed by atoms with Crippen molar-refractivity contribution in [2.45, 2.75) is 38.5 Å². The Balaban J connectivity index is 0.00000320. The normalized spacial score (nSPS) is 15.0. The van der Waals surface area contributed by atoms with Crippen LogP contribution in [-0.4, -0.2) is 9.97 Å². The van der Waals surface area contributed by atoms with Gasteiger partial charge >= 0.3 is 21.1 Å². The van der Waals surface area contributed by atoms with Gasteiger partial charge in [-0.05, 0) is 42.8 Å². The molecule has 2 nitrogen and oxygen atoms in total. The van der Waals surface area contributed by atoms with Crippen molar-refractivity contribution < 1.29 is 47.4 Å². The van der Waals surface area contributed by atoms with E-state index in [0.717, 1.165) is 0 Å². The summed E-state index contributed by atoms with van der Waals surface area (Å²) in [5.41, 5.74) is -4.28. The fourth-order valence-electron chi connectivity index (χ4n) is 4.42. The summed E-state index contributed by atoms with van der Waals surface area (Å²) in [6.07, 6.45) is 0. The average Bonchev–Trinajstić information content (AvgIpc) is 2.85. The van der Waals surface area contributed by atoms with Crippen LogP contribution in [-0.2, 0) is 31.9 Å². The van der Waals surface area contributed by atoms with Crippen LogP contribution in [0.15, 0.2) is 36.4 Å². The van der Waals surface area contributed by atoms with E-state index in [0.29, 0.717) is 11.4 Å². The zero-order chi connectivity index (χ0) is 26.2. The van der Waals surface area contributed by atoms with Gasteiger partial charge in [0.25, 0.3) is 0 Å². The van der Waals surface area contributed by atoms with Gasteiger partial charge in [0.15, 0.2) is 0 Å². The maximum absolute atomic E-state index is 15.1. The molecule has 0 saturated heterocycles. The summed E-state index contributed by atoms with van der Waals surface area (Å²) in [5, 5.41) is 0. The van der Waals surface area contributed by atoms with Crippen molar-refractivity contribution in [2.24, 2.45) is 0 Å². The van der Waals surface area contributed by atoms with E-state index in [1.165, 1.54) is 26.0 Å². The fourth-order valence-corrected chi connectivity index (χ4v) is 4.42. The van der Waals surface area contributed by atoms with E-state index in [1.807, 2.05) is 0 Å². The first kappa shape index (κ1) is 27.1. The molecule has 1 aliphatic rings. The molecule has 0 atom stereocenters. The molecule has 0 fully saturated rings. The summed E-state index contributed by atoms with van der Waals surface area (Å²) in [5.74, 6) is -9.97. The second-order valence-electron chi connectivity index (χ2n) is 9.70. The van der Waals surface area contributed by atoms with Crippen molar-refractivity contribution >= 4 is 0 Å². The van der Waals surface area contributed by atoms with E-state index < -0.39 is 68.0 Å². The molecule has 1 aliphatic heterocycles. The molecule has 9 heteroatoms. The number of halogens is 6. The first-order valence-electron chi connectivity index (χ1n) is 11.0. The maximum atomic E-state index is 15.1. The molecule has 2 aromatic carbocycles. The molecule has 0 saturated carbocycles. The quantitative estimate of drug-likeness (QED) is 0.111. The van der Waals surface area contributed by atoms with Gasteiger partial charge in [0.2, 0.25) is 0 Å². The van der Waals surface area contributed by atoms with Crippen molar-refractivity contribution in [1.29, 1.82) is 0 Å². The van der Waals surface area contributed by atoms with Gasteiger partial charge < -0.3 is 9.97 Å². The summed E-state index contributed by atoms with van der Waals surface area (Å²) in [6.45, 7) is 6.02. The first-order chi connectivity index (χ1) is 16.9. The Kier molecular flexibility index (Phi) is 6.64. The SMILES string of the molecule is CC1(C)c2cccc(n2)-c2[c-]c(c(F)c(F)c2F)C(C)(C)c2[c-]c(c(F)c(F)c2F)-c2cccc1n2.[Pt+2]. The van der Waals surface area contributed by atoms with E-state index in [9.17, 15) is 17.6 Å². The molecule has 0 spiro atoms. The van der Waals surface area contributed by atoms with Crippen LogP contribution >= 0.6 is 0 Å². The Labute approximate surface area is 224 Å². The number of aromatic nitrogens is 2. The van der Waals surface area contributed by atoms with Gasteiger partial charge in [0.1, 0.15) is 11.6 Å². The molecule has 8 bridgehead atoms. The molecule has 4 aromatic rings. The van der Waals surface area contributed by atoms with E-state index in [2.05, 4.69) is 22.1 Å². The van der Waals surface area contributed by atoms with Crippen LogP contribution in [0.5, 0.6) is 0 Å². The van der Waals surface area contributed by atoms with Crippen LogP contribution in [0, 0.1) is 47.0 Å². The number of rotatable bonds is 0. The predicted octanol–water partition coefficient (Wildman–Crippen LogP) is 7.21. The van der Waals surface area contributed by atoms with Crippen molar-refractivity contribution in [3.8, 4) is 22.5 Å². The minimum absolute atomic E-state index is 0. The Bertz CT molecular complexity index is 1450. The van der Waals surface area contributed by atoms with Gasteiger partial charge in [-0.15, -0.1) is 12.1 Å². The minimum Gasteiger partial charge on any atom is -0.300 e. The topological polar surface area (TPSA) is 25.8 Å². The van der Waals surface area contributed by atoms with E-state index in [1.54, 1.807) is 38.1 Å². The number of nitrogens with zero attached hydrogens (tertiary/aromatic N) is 2.